The van der Waals surface area contributed by atoms with Gasteiger partial charge in [0.2, 0.25) is 0 Å². The summed E-state index contributed by atoms with van der Waals surface area (Å²) in [6.45, 7) is 2.70. The van der Waals surface area contributed by atoms with Gasteiger partial charge in [-0.1, -0.05) is 34.7 Å². The molecule has 1 saturated heterocycles. The fourth-order valence-corrected chi connectivity index (χ4v) is 4.94. The lowest BCUT2D eigenvalue weighted by atomic mass is 9.89. The third-order valence-corrected chi connectivity index (χ3v) is 7.06. The number of anilines is 1. The normalized spacial score (nSPS) is 22.5. The number of Topliss-reactive ketones (excluding diaryl/α,β-unsaturated/α-hetero) is 1. The Hall–Kier alpha value is -4.04. The van der Waals surface area contributed by atoms with Crippen molar-refractivity contribution in [3.8, 4) is 22.5 Å². The number of benzene rings is 2. The lowest BCUT2D eigenvalue weighted by Gasteiger charge is -2.41. The number of nitrogens with zero attached hydrogens (tertiary/aromatic N) is 6. The summed E-state index contributed by atoms with van der Waals surface area (Å²) in [6.07, 6.45) is -1.57. The monoisotopic (exact) mass is 565 g/mol. The van der Waals surface area contributed by atoms with E-state index in [1.807, 2.05) is 31.2 Å². The first-order valence-corrected chi connectivity index (χ1v) is 13.4. The Morgan fingerprint density at radius 1 is 1.02 bits per heavy atom. The highest BCUT2D eigenvalue weighted by molar-refractivity contribution is 5.84. The van der Waals surface area contributed by atoms with E-state index in [2.05, 4.69) is 25.9 Å². The van der Waals surface area contributed by atoms with Crippen molar-refractivity contribution in [2.75, 3.05) is 18.5 Å². The van der Waals surface area contributed by atoms with Crippen LogP contribution in [0.1, 0.15) is 25.8 Å². The van der Waals surface area contributed by atoms with Crippen LogP contribution in [-0.4, -0.2) is 88.7 Å². The predicted molar refractivity (Wildman–Crippen MR) is 146 cm³/mol. The van der Waals surface area contributed by atoms with Crippen molar-refractivity contribution in [3.63, 3.8) is 0 Å². The largest absolute Gasteiger partial charge is 0.394 e. The molecule has 0 unspecified atom stereocenters. The van der Waals surface area contributed by atoms with Gasteiger partial charge in [-0.15, -0.1) is 10.2 Å². The Labute approximate surface area is 235 Å². The predicted octanol–water partition coefficient (Wildman–Crippen LogP) is 1.85. The summed E-state index contributed by atoms with van der Waals surface area (Å²) in [7, 11) is 0. The molecule has 0 radical (unpaired) electrons. The van der Waals surface area contributed by atoms with E-state index in [0.29, 0.717) is 29.9 Å². The van der Waals surface area contributed by atoms with Gasteiger partial charge in [0, 0.05) is 36.3 Å². The minimum absolute atomic E-state index is 0.0567. The second-order valence-electron chi connectivity index (χ2n) is 9.89. The van der Waals surface area contributed by atoms with Crippen LogP contribution in [0.2, 0.25) is 0 Å². The number of aromatic nitrogens is 6. The fraction of sp³-hybridized carbons (Fsp3) is 0.393. The maximum Gasteiger partial charge on any atom is 0.164 e. The second kappa shape index (κ2) is 12.6. The van der Waals surface area contributed by atoms with Crippen molar-refractivity contribution in [2.24, 2.45) is 0 Å². The Morgan fingerprint density at radius 3 is 2.51 bits per heavy atom. The van der Waals surface area contributed by atoms with E-state index in [0.717, 1.165) is 17.8 Å². The van der Waals surface area contributed by atoms with Crippen molar-refractivity contribution in [3.05, 3.63) is 66.7 Å². The van der Waals surface area contributed by atoms with Crippen LogP contribution < -0.4 is 5.32 Å². The summed E-state index contributed by atoms with van der Waals surface area (Å²) in [5.41, 5.74) is 3.42. The molecule has 2 aromatic heterocycles. The van der Waals surface area contributed by atoms with Crippen LogP contribution in [0, 0.1) is 5.82 Å². The van der Waals surface area contributed by atoms with Gasteiger partial charge in [0.05, 0.1) is 19.0 Å². The van der Waals surface area contributed by atoms with Crippen LogP contribution >= 0.6 is 0 Å². The van der Waals surface area contributed by atoms with Crippen LogP contribution in [0.25, 0.3) is 22.5 Å². The van der Waals surface area contributed by atoms with E-state index in [-0.39, 0.29) is 6.42 Å². The molecule has 12 nitrogen and oxygen atoms in total. The van der Waals surface area contributed by atoms with Crippen molar-refractivity contribution in [1.29, 1.82) is 0 Å². The van der Waals surface area contributed by atoms with Crippen LogP contribution in [0.4, 0.5) is 10.1 Å². The van der Waals surface area contributed by atoms with Crippen LogP contribution in [0.3, 0.4) is 0 Å². The molecule has 3 heterocycles. The van der Waals surface area contributed by atoms with E-state index in [9.17, 15) is 24.5 Å². The Bertz CT molecular complexity index is 1460. The van der Waals surface area contributed by atoms with Gasteiger partial charge in [0.15, 0.2) is 5.78 Å². The SMILES string of the molecule is CCNc1ccc(-c2cn(CCCC(=O)[C@@H]3O[C@H](CO)[C@H](O)[C@H](n4cc(-c5cccc(F)c5)nn4)[C@H]3O)nn2)cc1. The average Bonchev–Trinajstić information content (AvgIpc) is 3.64. The quantitative estimate of drug-likeness (QED) is 0.211. The fourth-order valence-electron chi connectivity index (χ4n) is 4.94. The smallest absolute Gasteiger partial charge is 0.164 e. The van der Waals surface area contributed by atoms with Gasteiger partial charge in [-0.3, -0.25) is 9.48 Å². The summed E-state index contributed by atoms with van der Waals surface area (Å²) in [4.78, 5) is 13.1. The van der Waals surface area contributed by atoms with Gasteiger partial charge < -0.3 is 25.4 Å². The number of halogens is 1. The van der Waals surface area contributed by atoms with Crippen molar-refractivity contribution in [2.45, 2.75) is 56.8 Å². The Kier molecular flexibility index (Phi) is 8.78. The van der Waals surface area contributed by atoms with Crippen molar-refractivity contribution in [1.82, 2.24) is 30.0 Å². The van der Waals surface area contributed by atoms with Gasteiger partial charge in [-0.2, -0.15) is 0 Å². The second-order valence-corrected chi connectivity index (χ2v) is 9.89. The third-order valence-electron chi connectivity index (χ3n) is 7.06. The summed E-state index contributed by atoms with van der Waals surface area (Å²) >= 11 is 0. The number of hydrogen-bond donors (Lipinski definition) is 4. The Morgan fingerprint density at radius 2 is 1.78 bits per heavy atom. The first-order valence-electron chi connectivity index (χ1n) is 13.4. The molecular formula is C28H32FN7O5. The highest BCUT2D eigenvalue weighted by Gasteiger charge is 2.48. The number of carbonyl (C=O) groups excluding carboxylic acids is 1. The minimum atomic E-state index is -1.47. The molecule has 2 aromatic carbocycles. The van der Waals surface area contributed by atoms with Crippen molar-refractivity contribution < 1.29 is 29.2 Å². The number of aliphatic hydroxyl groups excluding tert-OH is 3. The zero-order valence-electron chi connectivity index (χ0n) is 22.4. The van der Waals surface area contributed by atoms with Crippen LogP contribution in [-0.2, 0) is 16.1 Å². The van der Waals surface area contributed by atoms with E-state index in [4.69, 9.17) is 4.74 Å². The number of rotatable bonds is 11. The standard InChI is InChI=1S/C28H32FN7O5/c1-2-30-20-10-8-17(9-11-20)21-14-35(33-31-21)12-4-7-23(38)28-27(40)25(26(39)24(16-37)41-28)36-15-22(32-34-36)18-5-3-6-19(29)13-18/h3,5-6,8-11,13-15,24-28,30,37,39-40H,2,4,7,12,16H2,1H3/t24-,25+,26+,27-,28+/m1/s1. The third kappa shape index (κ3) is 6.33. The highest BCUT2D eigenvalue weighted by Crippen LogP contribution is 2.32. The van der Waals surface area contributed by atoms with E-state index < -0.39 is 48.7 Å². The molecule has 5 atom stereocenters. The molecule has 5 rings (SSSR count). The summed E-state index contributed by atoms with van der Waals surface area (Å²) in [5, 5.41) is 51.3. The molecule has 41 heavy (non-hydrogen) atoms. The van der Waals surface area contributed by atoms with Crippen LogP contribution in [0.5, 0.6) is 0 Å². The molecule has 13 heteroatoms. The highest BCUT2D eigenvalue weighted by atomic mass is 19.1. The molecular weight excluding hydrogens is 533 g/mol. The molecule has 0 spiro atoms. The maximum atomic E-state index is 13.7. The van der Waals surface area contributed by atoms with Gasteiger partial charge in [0.1, 0.15) is 47.7 Å². The molecule has 216 valence electrons. The molecule has 0 saturated carbocycles. The lowest BCUT2D eigenvalue weighted by molar-refractivity contribution is -0.205. The Balaban J connectivity index is 1.22. The van der Waals surface area contributed by atoms with Gasteiger partial charge in [0.25, 0.3) is 0 Å². The minimum Gasteiger partial charge on any atom is -0.394 e. The summed E-state index contributed by atoms with van der Waals surface area (Å²) in [5.74, 6) is -0.840. The number of ketones is 1. The molecule has 0 amide bonds. The van der Waals surface area contributed by atoms with E-state index in [1.165, 1.54) is 29.1 Å². The zero-order chi connectivity index (χ0) is 28.9. The molecule has 4 aromatic rings. The number of aryl methyl sites for hydroxylation is 1. The molecule has 1 fully saturated rings. The molecule has 4 N–H and O–H groups in total. The van der Waals surface area contributed by atoms with Gasteiger partial charge >= 0.3 is 0 Å². The summed E-state index contributed by atoms with van der Waals surface area (Å²) in [6, 6.07) is 12.5. The van der Waals surface area contributed by atoms with Gasteiger partial charge in [-0.05, 0) is 37.6 Å². The number of ether oxygens (including phenoxy) is 1. The summed E-state index contributed by atoms with van der Waals surface area (Å²) < 4.78 is 22.2. The molecule has 1 aliphatic rings. The number of nitrogens with one attached hydrogen (secondary N) is 1. The topological polar surface area (TPSA) is 160 Å². The number of hydrogen-bond acceptors (Lipinski definition) is 10. The average molecular weight is 566 g/mol. The van der Waals surface area contributed by atoms with Crippen molar-refractivity contribution >= 4 is 11.5 Å². The van der Waals surface area contributed by atoms with Gasteiger partial charge in [-0.25, -0.2) is 9.07 Å². The number of aliphatic hydroxyl groups is 3. The van der Waals surface area contributed by atoms with E-state index in [1.54, 1.807) is 16.9 Å². The molecule has 0 aliphatic carbocycles. The van der Waals surface area contributed by atoms with E-state index >= 15 is 0 Å². The maximum absolute atomic E-state index is 13.7. The van der Waals surface area contributed by atoms with Crippen LogP contribution in [0.15, 0.2) is 60.9 Å². The first kappa shape index (κ1) is 28.5. The molecule has 1 aliphatic heterocycles. The lowest BCUT2D eigenvalue weighted by Crippen LogP contribution is -2.58. The first-order chi connectivity index (χ1) is 19.9. The zero-order valence-corrected chi connectivity index (χ0v) is 22.4. The number of carbonyl (C=O) groups is 1. The molecule has 0 bridgehead atoms.